The van der Waals surface area contributed by atoms with E-state index in [9.17, 15) is 21.6 Å². The normalized spacial score (nSPS) is 28.1. The van der Waals surface area contributed by atoms with Crippen LogP contribution in [-0.4, -0.2) is 14.5 Å². The topological polar surface area (TPSA) is 72.2 Å². The Balaban J connectivity index is 1.84. The number of rotatable bonds is 4. The Morgan fingerprint density at radius 3 is 2.46 bits per heavy atom. The van der Waals surface area contributed by atoms with Crippen LogP contribution in [0.4, 0.5) is 18.9 Å². The number of nitrogens with two attached hydrogens (primary N) is 1. The highest BCUT2D eigenvalue weighted by atomic mass is 32.2. The lowest BCUT2D eigenvalue weighted by Gasteiger charge is -2.29. The van der Waals surface area contributed by atoms with E-state index in [2.05, 4.69) is 5.32 Å². The maximum absolute atomic E-state index is 13.2. The van der Waals surface area contributed by atoms with Gasteiger partial charge in [0.15, 0.2) is 0 Å². The molecule has 2 fully saturated rings. The summed E-state index contributed by atoms with van der Waals surface area (Å²) in [5, 5.41) is 8.02. The van der Waals surface area contributed by atoms with Crippen LogP contribution in [0.5, 0.6) is 0 Å². The molecule has 2 saturated carbocycles. The van der Waals surface area contributed by atoms with Gasteiger partial charge in [-0.25, -0.2) is 13.6 Å². The van der Waals surface area contributed by atoms with Gasteiger partial charge in [0.25, 0.3) is 0 Å². The van der Waals surface area contributed by atoms with Crippen molar-refractivity contribution in [2.75, 3.05) is 5.32 Å². The molecule has 4 nitrogen and oxygen atoms in total. The summed E-state index contributed by atoms with van der Waals surface area (Å²) in [6, 6.07) is 3.15. The third-order valence-electron chi connectivity index (χ3n) is 5.42. The molecule has 1 aromatic carbocycles. The second kappa shape index (κ2) is 5.91. The van der Waals surface area contributed by atoms with E-state index in [1.165, 1.54) is 25.3 Å². The minimum Gasteiger partial charge on any atom is -0.382 e. The Morgan fingerprint density at radius 1 is 1.25 bits per heavy atom. The first-order valence-electron chi connectivity index (χ1n) is 8.06. The van der Waals surface area contributed by atoms with E-state index in [0.29, 0.717) is 11.8 Å². The Hall–Kier alpha value is -1.28. The number of benzene rings is 1. The van der Waals surface area contributed by atoms with E-state index in [0.717, 1.165) is 24.5 Å². The zero-order valence-corrected chi connectivity index (χ0v) is 14.1. The Bertz CT molecular complexity index is 733. The van der Waals surface area contributed by atoms with Crippen LogP contribution in [0.15, 0.2) is 23.1 Å². The van der Waals surface area contributed by atoms with Crippen molar-refractivity contribution in [1.29, 1.82) is 0 Å². The molecule has 1 aromatic rings. The summed E-state index contributed by atoms with van der Waals surface area (Å²) in [6.45, 7) is 1.98. The van der Waals surface area contributed by atoms with Crippen LogP contribution in [0.1, 0.15) is 38.2 Å². The summed E-state index contributed by atoms with van der Waals surface area (Å²) in [5.74, 6) is 1.85. The number of hydrogen-bond acceptors (Lipinski definition) is 3. The first-order valence-corrected chi connectivity index (χ1v) is 9.61. The SMILES string of the molecule is CC(Nc1ccc(S(N)(=O)=O)c(C(F)(F)F)c1)C1CC2CCC1C2. The van der Waals surface area contributed by atoms with Crippen molar-refractivity contribution in [2.24, 2.45) is 22.9 Å². The smallest absolute Gasteiger partial charge is 0.382 e. The van der Waals surface area contributed by atoms with Gasteiger partial charge in [-0.1, -0.05) is 6.42 Å². The maximum Gasteiger partial charge on any atom is 0.417 e. The number of alkyl halides is 3. The van der Waals surface area contributed by atoms with Crippen LogP contribution in [-0.2, 0) is 16.2 Å². The van der Waals surface area contributed by atoms with Crippen molar-refractivity contribution in [1.82, 2.24) is 0 Å². The van der Waals surface area contributed by atoms with Gasteiger partial charge in [0.05, 0.1) is 10.5 Å². The molecule has 134 valence electrons. The molecule has 0 amide bonds. The van der Waals surface area contributed by atoms with Crippen molar-refractivity contribution >= 4 is 15.7 Å². The summed E-state index contributed by atoms with van der Waals surface area (Å²) in [5.41, 5.74) is -0.958. The number of hydrogen-bond donors (Lipinski definition) is 2. The fraction of sp³-hybridized carbons (Fsp3) is 0.625. The lowest BCUT2D eigenvalue weighted by Crippen LogP contribution is -2.30. The fourth-order valence-corrected chi connectivity index (χ4v) is 5.10. The molecule has 0 aliphatic heterocycles. The average molecular weight is 362 g/mol. The molecular weight excluding hydrogens is 341 g/mol. The van der Waals surface area contributed by atoms with Gasteiger partial charge < -0.3 is 5.32 Å². The molecular formula is C16H21F3N2O2S. The molecule has 3 rings (SSSR count). The number of primary sulfonamides is 1. The van der Waals surface area contributed by atoms with Crippen LogP contribution in [0.25, 0.3) is 0 Å². The highest BCUT2D eigenvalue weighted by Crippen LogP contribution is 2.50. The first kappa shape index (κ1) is 17.5. The summed E-state index contributed by atoms with van der Waals surface area (Å²) >= 11 is 0. The van der Waals surface area contributed by atoms with Crippen LogP contribution in [0, 0.1) is 17.8 Å². The fourth-order valence-electron chi connectivity index (χ4n) is 4.37. The van der Waals surface area contributed by atoms with Gasteiger partial charge in [-0.3, -0.25) is 0 Å². The minimum atomic E-state index is -4.78. The molecule has 0 heterocycles. The van der Waals surface area contributed by atoms with Crippen molar-refractivity contribution < 1.29 is 21.6 Å². The highest BCUT2D eigenvalue weighted by molar-refractivity contribution is 7.89. The number of fused-ring (bicyclic) bond motifs is 2. The zero-order valence-electron chi connectivity index (χ0n) is 13.3. The zero-order chi connectivity index (χ0) is 17.7. The minimum absolute atomic E-state index is 0.0433. The van der Waals surface area contributed by atoms with Crippen molar-refractivity contribution in [3.63, 3.8) is 0 Å². The highest BCUT2D eigenvalue weighted by Gasteiger charge is 2.42. The van der Waals surface area contributed by atoms with Gasteiger partial charge in [0.1, 0.15) is 0 Å². The number of sulfonamides is 1. The van der Waals surface area contributed by atoms with E-state index >= 15 is 0 Å². The molecule has 8 heteroatoms. The van der Waals surface area contributed by atoms with Gasteiger partial charge in [-0.2, -0.15) is 13.2 Å². The van der Waals surface area contributed by atoms with Gasteiger partial charge in [0.2, 0.25) is 10.0 Å². The van der Waals surface area contributed by atoms with E-state index in [4.69, 9.17) is 5.14 Å². The second-order valence-corrected chi connectivity index (χ2v) is 8.56. The predicted octanol–water partition coefficient (Wildman–Crippen LogP) is 3.59. The van der Waals surface area contributed by atoms with Crippen LogP contribution >= 0.6 is 0 Å². The van der Waals surface area contributed by atoms with Crippen molar-refractivity contribution in [3.05, 3.63) is 23.8 Å². The van der Waals surface area contributed by atoms with Crippen molar-refractivity contribution in [3.8, 4) is 0 Å². The Labute approximate surface area is 139 Å². The predicted molar refractivity (Wildman–Crippen MR) is 84.8 cm³/mol. The molecule has 3 N–H and O–H groups in total. The van der Waals surface area contributed by atoms with Gasteiger partial charge in [-0.15, -0.1) is 0 Å². The standard InChI is InChI=1S/C16H21F3N2O2S/c1-9(13-7-10-2-3-11(13)6-10)21-12-4-5-15(24(20,22)23)14(8-12)16(17,18)19/h4-5,8-11,13,21H,2-3,6-7H2,1H3,(H2,20,22,23). The molecule has 0 saturated heterocycles. The Morgan fingerprint density at radius 2 is 1.96 bits per heavy atom. The molecule has 24 heavy (non-hydrogen) atoms. The van der Waals surface area contributed by atoms with Crippen LogP contribution in [0.3, 0.4) is 0 Å². The molecule has 0 spiro atoms. The van der Waals surface area contributed by atoms with Gasteiger partial charge in [0, 0.05) is 11.7 Å². The maximum atomic E-state index is 13.2. The number of halogens is 3. The first-order chi connectivity index (χ1) is 11.1. The Kier molecular flexibility index (Phi) is 4.32. The van der Waals surface area contributed by atoms with Crippen molar-refractivity contribution in [2.45, 2.75) is 49.7 Å². The molecule has 4 atom stereocenters. The van der Waals surface area contributed by atoms with E-state index in [1.54, 1.807) is 0 Å². The summed E-state index contributed by atoms with van der Waals surface area (Å²) < 4.78 is 62.3. The lowest BCUT2D eigenvalue weighted by molar-refractivity contribution is -0.139. The lowest BCUT2D eigenvalue weighted by atomic mass is 9.84. The summed E-state index contributed by atoms with van der Waals surface area (Å²) in [7, 11) is -4.43. The molecule has 4 unspecified atom stereocenters. The largest absolute Gasteiger partial charge is 0.417 e. The molecule has 2 bridgehead atoms. The molecule has 0 aromatic heterocycles. The van der Waals surface area contributed by atoms with Crippen LogP contribution in [0.2, 0.25) is 0 Å². The second-order valence-electron chi connectivity index (χ2n) is 7.03. The molecule has 2 aliphatic carbocycles. The van der Waals surface area contributed by atoms with Crippen LogP contribution < -0.4 is 10.5 Å². The van der Waals surface area contributed by atoms with Gasteiger partial charge in [-0.05, 0) is 62.1 Å². The van der Waals surface area contributed by atoms with E-state index in [-0.39, 0.29) is 11.7 Å². The average Bonchev–Trinajstić information content (AvgIpc) is 3.07. The number of anilines is 1. The summed E-state index contributed by atoms with van der Waals surface area (Å²) in [6.07, 6.45) is -0.00112. The monoisotopic (exact) mass is 362 g/mol. The van der Waals surface area contributed by atoms with E-state index < -0.39 is 26.7 Å². The quantitative estimate of drug-likeness (QED) is 0.860. The summed E-state index contributed by atoms with van der Waals surface area (Å²) in [4.78, 5) is -0.895. The van der Waals surface area contributed by atoms with Gasteiger partial charge >= 0.3 is 6.18 Å². The third kappa shape index (κ3) is 3.39. The van der Waals surface area contributed by atoms with E-state index in [1.807, 2.05) is 6.92 Å². The number of nitrogens with one attached hydrogen (secondary N) is 1. The third-order valence-corrected chi connectivity index (χ3v) is 6.39. The molecule has 2 aliphatic rings. The molecule has 0 radical (unpaired) electrons.